The maximum Gasteiger partial charge on any atom is 0.502 e. The van der Waals surface area contributed by atoms with Crippen LogP contribution in [0, 0.1) is 0 Å². The van der Waals surface area contributed by atoms with Gasteiger partial charge in [0.2, 0.25) is 5.76 Å². The van der Waals surface area contributed by atoms with Crippen molar-refractivity contribution in [3.63, 3.8) is 0 Å². The topological polar surface area (TPSA) is 73.3 Å². The minimum absolute atomic E-state index is 0.164. The molecule has 0 atom stereocenters. The zero-order valence-corrected chi connectivity index (χ0v) is 12.1. The van der Waals surface area contributed by atoms with Crippen LogP contribution in [0.1, 0.15) is 0 Å². The first-order chi connectivity index (χ1) is 10.8. The van der Waals surface area contributed by atoms with Crippen molar-refractivity contribution in [2.75, 3.05) is 0 Å². The average Bonchev–Trinajstić information content (AvgIpc) is 3.16. The standard InChI is InChI=1S/C14H8F3NO4S/c15-14(16,17)23(19,20)13-11(9-5-2-1-3-6-9)18-22-12(13)10-7-4-8-21-10/h1-8H. The Kier molecular flexibility index (Phi) is 3.52. The Morgan fingerprint density at radius 2 is 1.70 bits per heavy atom. The Bertz CT molecular complexity index is 913. The van der Waals surface area contributed by atoms with Crippen molar-refractivity contribution in [1.82, 2.24) is 5.16 Å². The molecule has 2 aromatic heterocycles. The predicted octanol–water partition coefficient (Wildman–Crippen LogP) is 3.90. The van der Waals surface area contributed by atoms with Crippen LogP contribution in [0.5, 0.6) is 0 Å². The van der Waals surface area contributed by atoms with Crippen LogP contribution in [-0.4, -0.2) is 19.1 Å². The van der Waals surface area contributed by atoms with Crippen LogP contribution in [0.4, 0.5) is 13.2 Å². The SMILES string of the molecule is O=S(=O)(c1c(-c2ccccc2)noc1-c1ccco1)C(F)(F)F. The highest BCUT2D eigenvalue weighted by molar-refractivity contribution is 7.92. The Morgan fingerprint density at radius 3 is 2.26 bits per heavy atom. The summed E-state index contributed by atoms with van der Waals surface area (Å²) in [6.07, 6.45) is 1.18. The van der Waals surface area contributed by atoms with Crippen LogP contribution in [-0.2, 0) is 9.84 Å². The van der Waals surface area contributed by atoms with Gasteiger partial charge in [0, 0.05) is 5.56 Å². The van der Waals surface area contributed by atoms with E-state index < -0.39 is 31.7 Å². The number of alkyl halides is 3. The lowest BCUT2D eigenvalue weighted by Gasteiger charge is -2.08. The number of rotatable bonds is 3. The molecule has 0 amide bonds. The van der Waals surface area contributed by atoms with E-state index in [0.29, 0.717) is 0 Å². The monoisotopic (exact) mass is 343 g/mol. The molecule has 5 nitrogen and oxygen atoms in total. The Labute approximate surface area is 128 Å². The zero-order valence-electron chi connectivity index (χ0n) is 11.2. The van der Waals surface area contributed by atoms with Crippen molar-refractivity contribution < 1.29 is 30.5 Å². The molecule has 0 saturated carbocycles. The fourth-order valence-electron chi connectivity index (χ4n) is 1.99. The van der Waals surface area contributed by atoms with Crippen molar-refractivity contribution in [3.8, 4) is 22.8 Å². The predicted molar refractivity (Wildman–Crippen MR) is 72.9 cm³/mol. The highest BCUT2D eigenvalue weighted by Gasteiger charge is 2.51. The van der Waals surface area contributed by atoms with Gasteiger partial charge in [0.1, 0.15) is 5.69 Å². The average molecular weight is 343 g/mol. The minimum atomic E-state index is -5.68. The molecule has 3 rings (SSSR count). The van der Waals surface area contributed by atoms with Crippen molar-refractivity contribution >= 4 is 9.84 Å². The molecule has 0 aliphatic rings. The third-order valence-electron chi connectivity index (χ3n) is 3.02. The van der Waals surface area contributed by atoms with E-state index in [9.17, 15) is 21.6 Å². The van der Waals surface area contributed by atoms with E-state index in [1.807, 2.05) is 0 Å². The number of halogens is 3. The van der Waals surface area contributed by atoms with Gasteiger partial charge in [-0.1, -0.05) is 35.5 Å². The fourth-order valence-corrected chi connectivity index (χ4v) is 3.01. The first-order valence-electron chi connectivity index (χ1n) is 6.22. The summed E-state index contributed by atoms with van der Waals surface area (Å²) in [4.78, 5) is -1.06. The summed E-state index contributed by atoms with van der Waals surface area (Å²) in [6, 6.07) is 10.3. The normalized spacial score (nSPS) is 12.5. The third-order valence-corrected chi connectivity index (χ3v) is 4.54. The molecule has 2 heterocycles. The smallest absolute Gasteiger partial charge is 0.461 e. The van der Waals surface area contributed by atoms with E-state index >= 15 is 0 Å². The second kappa shape index (κ2) is 5.27. The van der Waals surface area contributed by atoms with E-state index in [0.717, 1.165) is 0 Å². The van der Waals surface area contributed by atoms with E-state index in [2.05, 4.69) is 5.16 Å². The van der Waals surface area contributed by atoms with E-state index in [-0.39, 0.29) is 11.3 Å². The molecule has 9 heteroatoms. The summed E-state index contributed by atoms with van der Waals surface area (Å²) in [5.41, 5.74) is -5.74. The molecule has 3 aromatic rings. The highest BCUT2D eigenvalue weighted by atomic mass is 32.2. The maximum absolute atomic E-state index is 13.0. The molecule has 0 fully saturated rings. The first-order valence-corrected chi connectivity index (χ1v) is 7.71. The van der Waals surface area contributed by atoms with Crippen molar-refractivity contribution in [2.45, 2.75) is 10.4 Å². The molecule has 0 bridgehead atoms. The molecule has 0 N–H and O–H groups in total. The number of aromatic nitrogens is 1. The number of hydrogen-bond acceptors (Lipinski definition) is 5. The van der Waals surface area contributed by atoms with Gasteiger partial charge in [0.25, 0.3) is 9.84 Å². The molecule has 0 aliphatic heterocycles. The maximum atomic E-state index is 13.0. The van der Waals surface area contributed by atoms with Crippen LogP contribution >= 0.6 is 0 Å². The number of sulfone groups is 1. The van der Waals surface area contributed by atoms with Gasteiger partial charge in [-0.3, -0.25) is 0 Å². The van der Waals surface area contributed by atoms with Gasteiger partial charge < -0.3 is 8.94 Å². The van der Waals surface area contributed by atoms with Crippen LogP contribution < -0.4 is 0 Å². The molecule has 23 heavy (non-hydrogen) atoms. The van der Waals surface area contributed by atoms with Crippen molar-refractivity contribution in [2.24, 2.45) is 0 Å². The summed E-state index contributed by atoms with van der Waals surface area (Å²) in [6.45, 7) is 0. The third kappa shape index (κ3) is 2.52. The summed E-state index contributed by atoms with van der Waals surface area (Å²) < 4.78 is 72.8. The molecule has 0 unspecified atom stereocenters. The van der Waals surface area contributed by atoms with Gasteiger partial charge in [-0.15, -0.1) is 0 Å². The molecule has 1 aromatic carbocycles. The lowest BCUT2D eigenvalue weighted by atomic mass is 10.1. The molecule has 0 radical (unpaired) electrons. The quantitative estimate of drug-likeness (QED) is 0.721. The lowest BCUT2D eigenvalue weighted by Crippen LogP contribution is -2.24. The van der Waals surface area contributed by atoms with Crippen LogP contribution in [0.2, 0.25) is 0 Å². The molecular formula is C14H8F3NO4S. The van der Waals surface area contributed by atoms with Gasteiger partial charge in [0.05, 0.1) is 6.26 Å². The Hall–Kier alpha value is -2.55. The second-order valence-corrected chi connectivity index (χ2v) is 6.36. The lowest BCUT2D eigenvalue weighted by molar-refractivity contribution is -0.0435. The summed E-state index contributed by atoms with van der Waals surface area (Å²) in [5.74, 6) is -0.756. The molecule has 0 saturated heterocycles. The minimum Gasteiger partial charge on any atom is -0.461 e. The van der Waals surface area contributed by atoms with Crippen molar-refractivity contribution in [1.29, 1.82) is 0 Å². The van der Waals surface area contributed by atoms with E-state index in [4.69, 9.17) is 8.94 Å². The van der Waals surface area contributed by atoms with E-state index in [1.54, 1.807) is 18.2 Å². The first kappa shape index (κ1) is 15.3. The summed E-state index contributed by atoms with van der Waals surface area (Å²) >= 11 is 0. The fraction of sp³-hybridized carbons (Fsp3) is 0.0714. The number of benzene rings is 1. The van der Waals surface area contributed by atoms with Gasteiger partial charge >= 0.3 is 5.51 Å². The summed E-state index contributed by atoms with van der Waals surface area (Å²) in [5, 5.41) is 3.51. The van der Waals surface area contributed by atoms with Gasteiger partial charge in [-0.25, -0.2) is 8.42 Å². The second-order valence-electron chi connectivity index (χ2n) is 4.48. The molecule has 0 aliphatic carbocycles. The number of nitrogens with zero attached hydrogens (tertiary/aromatic N) is 1. The van der Waals surface area contributed by atoms with Crippen LogP contribution in [0.15, 0.2) is 62.6 Å². The van der Waals surface area contributed by atoms with Gasteiger partial charge in [0.15, 0.2) is 10.7 Å². The van der Waals surface area contributed by atoms with Crippen LogP contribution in [0.25, 0.3) is 22.8 Å². The Morgan fingerprint density at radius 1 is 1.00 bits per heavy atom. The largest absolute Gasteiger partial charge is 0.502 e. The summed E-state index contributed by atoms with van der Waals surface area (Å²) in [7, 11) is -5.68. The highest BCUT2D eigenvalue weighted by Crippen LogP contribution is 2.41. The van der Waals surface area contributed by atoms with E-state index in [1.165, 1.54) is 30.5 Å². The van der Waals surface area contributed by atoms with Crippen molar-refractivity contribution in [3.05, 3.63) is 48.7 Å². The number of hydrogen-bond donors (Lipinski definition) is 0. The number of furan rings is 1. The molecular weight excluding hydrogens is 335 g/mol. The Balaban J connectivity index is 2.32. The van der Waals surface area contributed by atoms with Crippen LogP contribution in [0.3, 0.4) is 0 Å². The van der Waals surface area contributed by atoms with Gasteiger partial charge in [-0.05, 0) is 12.1 Å². The van der Waals surface area contributed by atoms with Gasteiger partial charge in [-0.2, -0.15) is 13.2 Å². The zero-order chi connectivity index (χ0) is 16.7. The molecule has 120 valence electrons. The molecule has 0 spiro atoms.